The van der Waals surface area contributed by atoms with Gasteiger partial charge in [0.1, 0.15) is 5.82 Å². The summed E-state index contributed by atoms with van der Waals surface area (Å²) in [5.41, 5.74) is 0. The zero-order chi connectivity index (χ0) is 13.1. The van der Waals surface area contributed by atoms with Gasteiger partial charge in [-0.15, -0.1) is 0 Å². The average molecular weight is 326 g/mol. The molecule has 96 valence electrons. The summed E-state index contributed by atoms with van der Waals surface area (Å²) in [5, 5.41) is 8.93. The van der Waals surface area contributed by atoms with Crippen molar-refractivity contribution in [2.75, 3.05) is 6.61 Å². The number of sulfonamides is 1. The number of nitrogens with one attached hydrogen (secondary N) is 1. The fourth-order valence-corrected chi connectivity index (χ4v) is 2.75. The summed E-state index contributed by atoms with van der Waals surface area (Å²) >= 11 is 2.94. The summed E-state index contributed by atoms with van der Waals surface area (Å²) in [6.07, 6.45) is 0.453. The van der Waals surface area contributed by atoms with Crippen molar-refractivity contribution in [1.29, 1.82) is 0 Å². The largest absolute Gasteiger partial charge is 0.395 e. The number of hydrogen-bond donors (Lipinski definition) is 2. The van der Waals surface area contributed by atoms with E-state index in [4.69, 9.17) is 5.11 Å². The number of hydrogen-bond acceptors (Lipinski definition) is 3. The van der Waals surface area contributed by atoms with Crippen LogP contribution in [0.5, 0.6) is 0 Å². The normalized spacial score (nSPS) is 13.6. The van der Waals surface area contributed by atoms with Gasteiger partial charge < -0.3 is 5.11 Å². The van der Waals surface area contributed by atoms with Gasteiger partial charge in [-0.1, -0.05) is 6.92 Å². The Bertz CT molecular complexity index is 488. The predicted octanol–water partition coefficient (Wildman–Crippen LogP) is 1.64. The zero-order valence-corrected chi connectivity index (χ0v) is 11.6. The number of aliphatic hydroxyl groups excluding tert-OH is 1. The van der Waals surface area contributed by atoms with Crippen LogP contribution in [0.15, 0.2) is 27.6 Å². The van der Waals surface area contributed by atoms with Gasteiger partial charge in [0, 0.05) is 6.04 Å². The summed E-state index contributed by atoms with van der Waals surface area (Å²) < 4.78 is 39.4. The van der Waals surface area contributed by atoms with E-state index in [1.54, 1.807) is 6.92 Å². The molecule has 0 aliphatic carbocycles. The Hall–Kier alpha value is -0.500. The van der Waals surface area contributed by atoms with E-state index in [0.29, 0.717) is 6.42 Å². The quantitative estimate of drug-likeness (QED) is 0.864. The molecule has 17 heavy (non-hydrogen) atoms. The molecule has 0 aromatic heterocycles. The second-order valence-electron chi connectivity index (χ2n) is 3.48. The maximum Gasteiger partial charge on any atom is 0.241 e. The van der Waals surface area contributed by atoms with Gasteiger partial charge in [0.15, 0.2) is 0 Å². The van der Waals surface area contributed by atoms with Crippen molar-refractivity contribution in [2.45, 2.75) is 24.3 Å². The van der Waals surface area contributed by atoms with Gasteiger partial charge in [0.25, 0.3) is 0 Å². The monoisotopic (exact) mass is 325 g/mol. The standard InChI is InChI=1S/C10H13BrFNO3S/c1-2-7(6-14)13-17(15,16)8-3-4-9(11)10(12)5-8/h3-5,7,13-14H,2,6H2,1H3/t7-/m0/s1. The highest BCUT2D eigenvalue weighted by atomic mass is 79.9. The SMILES string of the molecule is CC[C@@H](CO)NS(=O)(=O)c1ccc(Br)c(F)c1. The number of rotatable bonds is 5. The van der Waals surface area contributed by atoms with E-state index in [1.165, 1.54) is 12.1 Å². The maximum atomic E-state index is 13.2. The maximum absolute atomic E-state index is 13.2. The molecule has 0 saturated carbocycles. The first-order valence-electron chi connectivity index (χ1n) is 4.99. The van der Waals surface area contributed by atoms with Crippen molar-refractivity contribution >= 4 is 26.0 Å². The van der Waals surface area contributed by atoms with E-state index in [1.807, 2.05) is 0 Å². The second kappa shape index (κ2) is 5.90. The number of benzene rings is 1. The molecule has 0 fully saturated rings. The molecule has 7 heteroatoms. The minimum absolute atomic E-state index is 0.162. The third-order valence-corrected chi connectivity index (χ3v) is 4.40. The minimum atomic E-state index is -3.79. The van der Waals surface area contributed by atoms with Crippen LogP contribution >= 0.6 is 15.9 Å². The number of halogens is 2. The van der Waals surface area contributed by atoms with Gasteiger partial charge in [-0.25, -0.2) is 17.5 Å². The Morgan fingerprint density at radius 3 is 2.65 bits per heavy atom. The molecule has 0 radical (unpaired) electrons. The second-order valence-corrected chi connectivity index (χ2v) is 6.05. The summed E-state index contributed by atoms with van der Waals surface area (Å²) in [6.45, 7) is 1.44. The highest BCUT2D eigenvalue weighted by Crippen LogP contribution is 2.19. The Balaban J connectivity index is 3.01. The van der Waals surface area contributed by atoms with Gasteiger partial charge >= 0.3 is 0 Å². The lowest BCUT2D eigenvalue weighted by atomic mass is 10.3. The lowest BCUT2D eigenvalue weighted by molar-refractivity contribution is 0.254. The summed E-state index contributed by atoms with van der Waals surface area (Å²) in [4.78, 5) is -0.162. The van der Waals surface area contributed by atoms with Crippen LogP contribution in [0.1, 0.15) is 13.3 Å². The molecule has 1 aromatic rings. The minimum Gasteiger partial charge on any atom is -0.395 e. The molecule has 0 aliphatic heterocycles. The van der Waals surface area contributed by atoms with Gasteiger partial charge in [-0.2, -0.15) is 0 Å². The van der Waals surface area contributed by atoms with Gasteiger partial charge in [0.05, 0.1) is 16.0 Å². The molecular weight excluding hydrogens is 313 g/mol. The highest BCUT2D eigenvalue weighted by Gasteiger charge is 2.19. The molecule has 4 nitrogen and oxygen atoms in total. The van der Waals surface area contributed by atoms with Crippen LogP contribution in [0.4, 0.5) is 4.39 Å². The lowest BCUT2D eigenvalue weighted by Crippen LogP contribution is -2.36. The van der Waals surface area contributed by atoms with E-state index in [-0.39, 0.29) is 16.0 Å². The third kappa shape index (κ3) is 3.74. The Labute approximate surface area is 108 Å². The third-order valence-electron chi connectivity index (χ3n) is 2.24. The van der Waals surface area contributed by atoms with E-state index in [0.717, 1.165) is 6.07 Å². The van der Waals surface area contributed by atoms with Crippen LogP contribution in [0.2, 0.25) is 0 Å². The van der Waals surface area contributed by atoms with Crippen molar-refractivity contribution in [1.82, 2.24) is 4.72 Å². The predicted molar refractivity (Wildman–Crippen MR) is 65.6 cm³/mol. The van der Waals surface area contributed by atoms with Crippen molar-refractivity contribution in [3.63, 3.8) is 0 Å². The Morgan fingerprint density at radius 1 is 1.53 bits per heavy atom. The molecule has 0 spiro atoms. The molecule has 0 aliphatic rings. The molecule has 1 rings (SSSR count). The van der Waals surface area contributed by atoms with Crippen LogP contribution in [0.3, 0.4) is 0 Å². The molecule has 0 amide bonds. The fraction of sp³-hybridized carbons (Fsp3) is 0.400. The first-order valence-corrected chi connectivity index (χ1v) is 7.26. The van der Waals surface area contributed by atoms with Gasteiger partial charge in [-0.05, 0) is 40.5 Å². The summed E-state index contributed by atoms with van der Waals surface area (Å²) in [5.74, 6) is -0.648. The first-order chi connectivity index (χ1) is 7.90. The Morgan fingerprint density at radius 2 is 2.18 bits per heavy atom. The van der Waals surface area contributed by atoms with Crippen LogP contribution in [0, 0.1) is 5.82 Å². The lowest BCUT2D eigenvalue weighted by Gasteiger charge is -2.14. The molecular formula is C10H13BrFNO3S. The van der Waals surface area contributed by atoms with Crippen LogP contribution in [0.25, 0.3) is 0 Å². The van der Waals surface area contributed by atoms with E-state index >= 15 is 0 Å². The van der Waals surface area contributed by atoms with Crippen LogP contribution in [-0.4, -0.2) is 26.2 Å². The fourth-order valence-electron chi connectivity index (χ4n) is 1.18. The van der Waals surface area contributed by atoms with Crippen LogP contribution in [-0.2, 0) is 10.0 Å². The molecule has 0 saturated heterocycles. The van der Waals surface area contributed by atoms with Crippen LogP contribution < -0.4 is 4.72 Å². The number of aliphatic hydroxyl groups is 1. The molecule has 1 aromatic carbocycles. The molecule has 0 bridgehead atoms. The van der Waals surface area contributed by atoms with Crippen molar-refractivity contribution < 1.29 is 17.9 Å². The van der Waals surface area contributed by atoms with E-state index < -0.39 is 21.9 Å². The van der Waals surface area contributed by atoms with Crippen molar-refractivity contribution in [3.05, 3.63) is 28.5 Å². The van der Waals surface area contributed by atoms with Crippen molar-refractivity contribution in [2.24, 2.45) is 0 Å². The van der Waals surface area contributed by atoms with Gasteiger partial charge in [0.2, 0.25) is 10.0 Å². The molecule has 0 heterocycles. The highest BCUT2D eigenvalue weighted by molar-refractivity contribution is 9.10. The average Bonchev–Trinajstić information content (AvgIpc) is 2.29. The molecule has 2 N–H and O–H groups in total. The first kappa shape index (κ1) is 14.6. The van der Waals surface area contributed by atoms with Gasteiger partial charge in [-0.3, -0.25) is 0 Å². The molecule has 0 unspecified atom stereocenters. The van der Waals surface area contributed by atoms with E-state index in [2.05, 4.69) is 20.7 Å². The van der Waals surface area contributed by atoms with Crippen molar-refractivity contribution in [3.8, 4) is 0 Å². The Kier molecular flexibility index (Phi) is 5.05. The zero-order valence-electron chi connectivity index (χ0n) is 9.15. The van der Waals surface area contributed by atoms with E-state index in [9.17, 15) is 12.8 Å². The summed E-state index contributed by atoms with van der Waals surface area (Å²) in [7, 11) is -3.79. The molecule has 1 atom stereocenters. The topological polar surface area (TPSA) is 66.4 Å². The smallest absolute Gasteiger partial charge is 0.241 e. The summed E-state index contributed by atoms with van der Waals surface area (Å²) in [6, 6.07) is 2.98.